The van der Waals surface area contributed by atoms with Crippen molar-refractivity contribution in [3.63, 3.8) is 0 Å². The van der Waals surface area contributed by atoms with Crippen LogP contribution in [0.15, 0.2) is 0 Å². The van der Waals surface area contributed by atoms with Gasteiger partial charge in [0.1, 0.15) is 5.69 Å². The molecule has 1 N–H and O–H groups in total. The van der Waals surface area contributed by atoms with Crippen LogP contribution in [0.5, 0.6) is 0 Å². The monoisotopic (exact) mass is 316 g/mol. The number of fused-ring (bicyclic) bond motifs is 1. The number of hydrogen-bond acceptors (Lipinski definition) is 3. The number of rotatable bonds is 3. The summed E-state index contributed by atoms with van der Waals surface area (Å²) in [5.41, 5.74) is 1.44. The molecule has 2 amide bonds. The minimum Gasteiger partial charge on any atom is -0.348 e. The van der Waals surface area contributed by atoms with E-state index in [2.05, 4.69) is 10.3 Å². The molecule has 0 unspecified atom stereocenters. The molecule has 0 radical (unpaired) electrons. The Kier molecular flexibility index (Phi) is 3.83. The Labute approximate surface area is 136 Å². The predicted molar refractivity (Wildman–Crippen MR) is 85.4 cm³/mol. The highest BCUT2D eigenvalue weighted by atomic mass is 16.2. The van der Waals surface area contributed by atoms with Gasteiger partial charge in [-0.05, 0) is 51.4 Å². The van der Waals surface area contributed by atoms with Crippen molar-refractivity contribution in [3.05, 3.63) is 17.2 Å². The molecule has 6 heteroatoms. The smallest absolute Gasteiger partial charge is 0.289 e. The van der Waals surface area contributed by atoms with Crippen LogP contribution in [-0.4, -0.2) is 45.4 Å². The molecule has 1 aliphatic carbocycles. The average molecular weight is 316 g/mol. The largest absolute Gasteiger partial charge is 0.348 e. The van der Waals surface area contributed by atoms with Crippen LogP contribution in [0.4, 0.5) is 0 Å². The predicted octanol–water partition coefficient (Wildman–Crippen LogP) is 1.74. The zero-order chi connectivity index (χ0) is 15.8. The number of carbonyl (C=O) groups excluding carboxylic acids is 2. The van der Waals surface area contributed by atoms with Gasteiger partial charge in [-0.15, -0.1) is 0 Å². The van der Waals surface area contributed by atoms with Crippen LogP contribution in [0.3, 0.4) is 0 Å². The van der Waals surface area contributed by atoms with Gasteiger partial charge in [-0.3, -0.25) is 9.59 Å². The lowest BCUT2D eigenvalue weighted by Gasteiger charge is -2.27. The Balaban J connectivity index is 1.64. The normalized spacial score (nSPS) is 21.0. The molecule has 23 heavy (non-hydrogen) atoms. The quantitative estimate of drug-likeness (QED) is 0.923. The van der Waals surface area contributed by atoms with Gasteiger partial charge in [0.15, 0.2) is 5.82 Å². The van der Waals surface area contributed by atoms with Crippen LogP contribution in [-0.2, 0) is 13.0 Å². The molecule has 124 valence electrons. The van der Waals surface area contributed by atoms with E-state index >= 15 is 0 Å². The Bertz CT molecular complexity index is 627. The molecule has 3 aliphatic rings. The summed E-state index contributed by atoms with van der Waals surface area (Å²) in [6, 6.07) is 0.310. The lowest BCUT2D eigenvalue weighted by Crippen LogP contribution is -2.37. The Morgan fingerprint density at radius 3 is 2.48 bits per heavy atom. The molecular weight excluding hydrogens is 292 g/mol. The van der Waals surface area contributed by atoms with Crippen molar-refractivity contribution in [3.8, 4) is 0 Å². The third-order valence-corrected chi connectivity index (χ3v) is 5.08. The fourth-order valence-corrected chi connectivity index (χ4v) is 3.61. The van der Waals surface area contributed by atoms with E-state index in [4.69, 9.17) is 0 Å². The Morgan fingerprint density at radius 2 is 1.74 bits per heavy atom. The highest BCUT2D eigenvalue weighted by Gasteiger charge is 2.32. The van der Waals surface area contributed by atoms with E-state index in [9.17, 15) is 9.59 Å². The Morgan fingerprint density at radius 1 is 1.00 bits per heavy atom. The number of imidazole rings is 1. The number of hydrogen-bond donors (Lipinski definition) is 1. The highest BCUT2D eigenvalue weighted by Crippen LogP contribution is 2.25. The third-order valence-electron chi connectivity index (χ3n) is 5.08. The maximum Gasteiger partial charge on any atom is 0.289 e. The summed E-state index contributed by atoms with van der Waals surface area (Å²) < 4.78 is 2.00. The standard InChI is InChI=1S/C17H24N4O2/c22-16(18-12-7-8-12)14-13-6-2-5-11-21(13)15(19-14)17(23)20-9-3-1-4-10-20/h12H,1-11H2,(H,18,22). The fourth-order valence-electron chi connectivity index (χ4n) is 3.61. The van der Waals surface area contributed by atoms with E-state index in [1.54, 1.807) is 0 Å². The average Bonchev–Trinajstić information content (AvgIpc) is 3.32. The topological polar surface area (TPSA) is 67.2 Å². The first kappa shape index (κ1) is 14.7. The van der Waals surface area contributed by atoms with E-state index in [0.717, 1.165) is 70.3 Å². The summed E-state index contributed by atoms with van der Waals surface area (Å²) in [6.07, 6.45) is 8.39. The van der Waals surface area contributed by atoms with Crippen LogP contribution in [0, 0.1) is 0 Å². The first-order valence-corrected chi connectivity index (χ1v) is 8.93. The van der Waals surface area contributed by atoms with Gasteiger partial charge in [-0.25, -0.2) is 4.98 Å². The van der Waals surface area contributed by atoms with Crippen LogP contribution in [0.25, 0.3) is 0 Å². The number of carbonyl (C=O) groups is 2. The SMILES string of the molecule is O=C(NC1CC1)c1nc(C(=O)N2CCCCC2)n2c1CCCC2. The van der Waals surface area contributed by atoms with Gasteiger partial charge in [0, 0.05) is 25.7 Å². The number of nitrogens with one attached hydrogen (secondary N) is 1. The lowest BCUT2D eigenvalue weighted by molar-refractivity contribution is 0.0705. The minimum atomic E-state index is -0.101. The number of piperidine rings is 1. The minimum absolute atomic E-state index is 0.00155. The van der Waals surface area contributed by atoms with E-state index in [1.807, 2.05) is 9.47 Å². The zero-order valence-corrected chi connectivity index (χ0v) is 13.5. The second kappa shape index (κ2) is 5.98. The van der Waals surface area contributed by atoms with Gasteiger partial charge in [-0.2, -0.15) is 0 Å². The zero-order valence-electron chi connectivity index (χ0n) is 13.5. The van der Waals surface area contributed by atoms with Crippen LogP contribution < -0.4 is 5.32 Å². The molecule has 0 atom stereocenters. The first-order valence-electron chi connectivity index (χ1n) is 8.93. The molecule has 1 saturated heterocycles. The van der Waals surface area contributed by atoms with Gasteiger partial charge in [0.2, 0.25) is 0 Å². The number of aromatic nitrogens is 2. The van der Waals surface area contributed by atoms with Crippen molar-refractivity contribution in [2.75, 3.05) is 13.1 Å². The molecule has 2 aliphatic heterocycles. The van der Waals surface area contributed by atoms with E-state index in [1.165, 1.54) is 6.42 Å². The highest BCUT2D eigenvalue weighted by molar-refractivity contribution is 5.97. The molecule has 6 nitrogen and oxygen atoms in total. The summed E-state index contributed by atoms with van der Waals surface area (Å²) in [5, 5.41) is 3.01. The second-order valence-electron chi connectivity index (χ2n) is 6.94. The van der Waals surface area contributed by atoms with Crippen molar-refractivity contribution in [2.24, 2.45) is 0 Å². The van der Waals surface area contributed by atoms with Crippen LogP contribution in [0.2, 0.25) is 0 Å². The molecule has 4 rings (SSSR count). The van der Waals surface area contributed by atoms with E-state index in [0.29, 0.717) is 17.6 Å². The molecule has 1 aromatic heterocycles. The fraction of sp³-hybridized carbons (Fsp3) is 0.706. The summed E-state index contributed by atoms with van der Waals surface area (Å²) >= 11 is 0. The molecule has 1 saturated carbocycles. The van der Waals surface area contributed by atoms with E-state index < -0.39 is 0 Å². The van der Waals surface area contributed by atoms with Crippen LogP contribution >= 0.6 is 0 Å². The van der Waals surface area contributed by atoms with Gasteiger partial charge in [0.05, 0.1) is 5.69 Å². The summed E-state index contributed by atoms with van der Waals surface area (Å²) in [6.45, 7) is 2.42. The molecule has 3 heterocycles. The maximum absolute atomic E-state index is 12.9. The molecular formula is C17H24N4O2. The van der Waals surface area contributed by atoms with Crippen molar-refractivity contribution in [1.82, 2.24) is 19.8 Å². The van der Waals surface area contributed by atoms with Crippen LogP contribution in [0.1, 0.15) is 71.7 Å². The van der Waals surface area contributed by atoms with Gasteiger partial charge in [-0.1, -0.05) is 0 Å². The lowest BCUT2D eigenvalue weighted by atomic mass is 10.1. The molecule has 0 bridgehead atoms. The molecule has 0 aromatic carbocycles. The molecule has 1 aromatic rings. The molecule has 2 fully saturated rings. The summed E-state index contributed by atoms with van der Waals surface area (Å²) in [4.78, 5) is 31.7. The third kappa shape index (κ3) is 2.86. The van der Waals surface area contributed by atoms with Crippen molar-refractivity contribution >= 4 is 11.8 Å². The summed E-state index contributed by atoms with van der Waals surface area (Å²) in [7, 11) is 0. The molecule has 0 spiro atoms. The van der Waals surface area contributed by atoms with Gasteiger partial charge >= 0.3 is 0 Å². The van der Waals surface area contributed by atoms with E-state index in [-0.39, 0.29) is 11.8 Å². The van der Waals surface area contributed by atoms with Crippen molar-refractivity contribution in [1.29, 1.82) is 0 Å². The number of likely N-dealkylation sites (tertiary alicyclic amines) is 1. The first-order chi connectivity index (χ1) is 11.2. The second-order valence-corrected chi connectivity index (χ2v) is 6.94. The maximum atomic E-state index is 12.9. The van der Waals surface area contributed by atoms with Crippen molar-refractivity contribution in [2.45, 2.75) is 64.0 Å². The Hall–Kier alpha value is -1.85. The van der Waals surface area contributed by atoms with Gasteiger partial charge < -0.3 is 14.8 Å². The van der Waals surface area contributed by atoms with Gasteiger partial charge in [0.25, 0.3) is 11.8 Å². The number of amides is 2. The van der Waals surface area contributed by atoms with Crippen molar-refractivity contribution < 1.29 is 9.59 Å². The number of nitrogens with zero attached hydrogens (tertiary/aromatic N) is 3. The summed E-state index contributed by atoms with van der Waals surface area (Å²) in [5.74, 6) is 0.372.